The minimum atomic E-state index is -2.01. The Bertz CT molecular complexity index is 775. The first-order valence-corrected chi connectivity index (χ1v) is 7.25. The molecule has 1 aliphatic rings. The maximum absolute atomic E-state index is 14.7. The summed E-state index contributed by atoms with van der Waals surface area (Å²) in [6.45, 7) is 0.582. The second kappa shape index (κ2) is 7.55. The molecule has 1 N–H and O–H groups in total. The molecule has 0 spiro atoms. The van der Waals surface area contributed by atoms with Gasteiger partial charge in [0.2, 0.25) is 0 Å². The first-order valence-electron chi connectivity index (χ1n) is 7.25. The number of esters is 2. The van der Waals surface area contributed by atoms with E-state index in [1.807, 2.05) is 4.98 Å². The van der Waals surface area contributed by atoms with Crippen LogP contribution in [-0.2, 0) is 30.5 Å². The number of hydrogen-bond acceptors (Lipinski definition) is 7. The summed E-state index contributed by atoms with van der Waals surface area (Å²) in [6.07, 6.45) is -5.41. The quantitative estimate of drug-likeness (QED) is 0.717. The fourth-order valence-corrected chi connectivity index (χ4v) is 2.40. The molecule has 4 atom stereocenters. The van der Waals surface area contributed by atoms with Crippen LogP contribution in [0.5, 0.6) is 0 Å². The van der Waals surface area contributed by atoms with Crippen molar-refractivity contribution in [3.63, 3.8) is 0 Å². The predicted molar refractivity (Wildman–Crippen MR) is 77.1 cm³/mol. The Hall–Kier alpha value is -2.56. The van der Waals surface area contributed by atoms with E-state index < -0.39 is 66.6 Å². The molecule has 1 saturated heterocycles. The molecule has 9 nitrogen and oxygen atoms in total. The number of nitrogens with one attached hydrogen (secondary N) is 1. The average Bonchev–Trinajstić information content (AvgIpc) is 2.82. The molecule has 138 valence electrons. The molecule has 1 aromatic rings. The van der Waals surface area contributed by atoms with E-state index in [9.17, 15) is 28.0 Å². The van der Waals surface area contributed by atoms with Crippen LogP contribution in [0.2, 0.25) is 0 Å². The Morgan fingerprint density at radius 2 is 2.00 bits per heavy atom. The third-order valence-corrected chi connectivity index (χ3v) is 3.48. The van der Waals surface area contributed by atoms with E-state index in [0.717, 1.165) is 20.0 Å². The van der Waals surface area contributed by atoms with E-state index in [-0.39, 0.29) is 0 Å². The molecule has 0 saturated carbocycles. The van der Waals surface area contributed by atoms with Crippen molar-refractivity contribution in [2.24, 2.45) is 0 Å². The summed E-state index contributed by atoms with van der Waals surface area (Å²) < 4.78 is 43.1. The maximum Gasteiger partial charge on any atom is 0.330 e. The largest absolute Gasteiger partial charge is 0.463 e. The van der Waals surface area contributed by atoms with Crippen LogP contribution in [0.3, 0.4) is 0 Å². The third kappa shape index (κ3) is 4.10. The van der Waals surface area contributed by atoms with Crippen molar-refractivity contribution in [1.82, 2.24) is 9.55 Å². The topological polar surface area (TPSA) is 117 Å². The molecule has 25 heavy (non-hydrogen) atoms. The molecule has 0 bridgehead atoms. The third-order valence-electron chi connectivity index (χ3n) is 3.48. The number of H-pyrrole nitrogens is 1. The lowest BCUT2D eigenvalue weighted by atomic mass is 10.1. The highest BCUT2D eigenvalue weighted by atomic mass is 19.1. The summed E-state index contributed by atoms with van der Waals surface area (Å²) >= 11 is 0. The van der Waals surface area contributed by atoms with Crippen LogP contribution >= 0.6 is 0 Å². The van der Waals surface area contributed by atoms with E-state index in [4.69, 9.17) is 14.2 Å². The molecule has 1 aromatic heterocycles. The van der Waals surface area contributed by atoms with Crippen LogP contribution < -0.4 is 11.2 Å². The fraction of sp³-hybridized carbons (Fsp3) is 0.571. The van der Waals surface area contributed by atoms with Gasteiger partial charge in [-0.15, -0.1) is 0 Å². The Morgan fingerprint density at radius 1 is 1.32 bits per heavy atom. The summed E-state index contributed by atoms with van der Waals surface area (Å²) in [5, 5.41) is 0. The molecule has 0 radical (unpaired) electrons. The van der Waals surface area contributed by atoms with Gasteiger partial charge in [0.05, 0.1) is 5.56 Å². The second-order valence-corrected chi connectivity index (χ2v) is 5.34. The van der Waals surface area contributed by atoms with Crippen molar-refractivity contribution >= 4 is 11.9 Å². The van der Waals surface area contributed by atoms with Crippen molar-refractivity contribution in [1.29, 1.82) is 0 Å². The molecule has 2 rings (SSSR count). The number of carbonyl (C=O) groups is 2. The molecular weight excluding hydrogens is 346 g/mol. The van der Waals surface area contributed by atoms with Crippen molar-refractivity contribution in [3.05, 3.63) is 32.6 Å². The lowest BCUT2D eigenvalue weighted by molar-refractivity contribution is -0.156. The van der Waals surface area contributed by atoms with Gasteiger partial charge in [0.15, 0.2) is 18.5 Å². The summed E-state index contributed by atoms with van der Waals surface area (Å²) in [7, 11) is 0. The molecule has 0 amide bonds. The zero-order chi connectivity index (χ0) is 18.7. The van der Waals surface area contributed by atoms with E-state index >= 15 is 0 Å². The van der Waals surface area contributed by atoms with Crippen LogP contribution in [-0.4, -0.2) is 46.5 Å². The zero-order valence-electron chi connectivity index (χ0n) is 13.4. The first-order chi connectivity index (χ1) is 11.7. The summed E-state index contributed by atoms with van der Waals surface area (Å²) in [4.78, 5) is 47.2. The van der Waals surface area contributed by atoms with Gasteiger partial charge in [-0.05, 0) is 0 Å². The number of alkyl halides is 2. The minimum absolute atomic E-state index is 0.400. The molecule has 1 aliphatic heterocycles. The number of aromatic nitrogens is 2. The predicted octanol–water partition coefficient (Wildman–Crippen LogP) is -0.264. The highest BCUT2D eigenvalue weighted by Gasteiger charge is 2.49. The van der Waals surface area contributed by atoms with Crippen molar-refractivity contribution in [2.75, 3.05) is 6.61 Å². The molecule has 0 unspecified atom stereocenters. The van der Waals surface area contributed by atoms with Crippen molar-refractivity contribution < 1.29 is 32.6 Å². The number of aromatic amines is 1. The van der Waals surface area contributed by atoms with Crippen LogP contribution in [0.1, 0.15) is 25.6 Å². The van der Waals surface area contributed by atoms with E-state index in [1.165, 1.54) is 0 Å². The highest BCUT2D eigenvalue weighted by Crippen LogP contribution is 2.33. The Morgan fingerprint density at radius 3 is 2.56 bits per heavy atom. The lowest BCUT2D eigenvalue weighted by Crippen LogP contribution is -2.38. The van der Waals surface area contributed by atoms with Gasteiger partial charge in [0, 0.05) is 20.0 Å². The lowest BCUT2D eigenvalue weighted by Gasteiger charge is -2.18. The van der Waals surface area contributed by atoms with Crippen molar-refractivity contribution in [3.8, 4) is 0 Å². The van der Waals surface area contributed by atoms with Gasteiger partial charge in [-0.3, -0.25) is 23.9 Å². The zero-order valence-corrected chi connectivity index (χ0v) is 13.4. The van der Waals surface area contributed by atoms with Gasteiger partial charge in [-0.25, -0.2) is 13.6 Å². The number of carbonyl (C=O) groups excluding carboxylic acids is 2. The molecular formula is C14H16F2N2O7. The van der Waals surface area contributed by atoms with Gasteiger partial charge in [0.1, 0.15) is 19.4 Å². The van der Waals surface area contributed by atoms with E-state index in [0.29, 0.717) is 4.57 Å². The summed E-state index contributed by atoms with van der Waals surface area (Å²) in [5.74, 6) is -1.46. The van der Waals surface area contributed by atoms with Gasteiger partial charge < -0.3 is 14.2 Å². The van der Waals surface area contributed by atoms with E-state index in [1.54, 1.807) is 0 Å². The highest BCUT2D eigenvalue weighted by molar-refractivity contribution is 5.66. The number of hydrogen-bond donors (Lipinski definition) is 1. The SMILES string of the molecule is CC(=O)OC[C@H]1O[C@@H](n2cc(CF)c(=O)[nH]c2=O)[C@H](F)[C@@H]1OC(C)=O. The monoisotopic (exact) mass is 362 g/mol. The number of halogens is 2. The summed E-state index contributed by atoms with van der Waals surface area (Å²) in [5.41, 5.74) is -2.36. The molecule has 11 heteroatoms. The van der Waals surface area contributed by atoms with Crippen LogP contribution in [0.15, 0.2) is 15.8 Å². The Kier molecular flexibility index (Phi) is 5.67. The standard InChI is InChI=1S/C14H16F2N2O7/c1-6(19)23-5-9-11(24-7(2)20)10(16)13(25-9)18-4-8(3-15)12(21)17-14(18)22/h4,9-11,13H,3,5H2,1-2H3,(H,17,21,22)/t9-,10-,11-,13-/m1/s1. The normalized spacial score (nSPS) is 25.6. The summed E-state index contributed by atoms with van der Waals surface area (Å²) in [6, 6.07) is 0. The van der Waals surface area contributed by atoms with Crippen LogP contribution in [0.4, 0.5) is 8.78 Å². The van der Waals surface area contributed by atoms with Gasteiger partial charge in [0.25, 0.3) is 5.56 Å². The average molecular weight is 362 g/mol. The van der Waals surface area contributed by atoms with Crippen molar-refractivity contribution in [2.45, 2.75) is 45.1 Å². The maximum atomic E-state index is 14.7. The second-order valence-electron chi connectivity index (χ2n) is 5.34. The van der Waals surface area contributed by atoms with Gasteiger partial charge >= 0.3 is 17.6 Å². The van der Waals surface area contributed by atoms with E-state index in [2.05, 4.69) is 0 Å². The molecule has 2 heterocycles. The van der Waals surface area contributed by atoms with Gasteiger partial charge in [-0.1, -0.05) is 0 Å². The molecule has 1 fully saturated rings. The minimum Gasteiger partial charge on any atom is -0.463 e. The number of nitrogens with zero attached hydrogens (tertiary/aromatic N) is 1. The van der Waals surface area contributed by atoms with Crippen LogP contribution in [0.25, 0.3) is 0 Å². The first kappa shape index (κ1) is 18.8. The molecule has 0 aromatic carbocycles. The smallest absolute Gasteiger partial charge is 0.330 e. The Labute approximate surface area is 139 Å². The Balaban J connectivity index is 2.35. The number of rotatable bonds is 5. The van der Waals surface area contributed by atoms with Crippen LogP contribution in [0, 0.1) is 0 Å². The van der Waals surface area contributed by atoms with Gasteiger partial charge in [-0.2, -0.15) is 0 Å². The number of ether oxygens (including phenoxy) is 3. The molecule has 0 aliphatic carbocycles. The fourth-order valence-electron chi connectivity index (χ4n) is 2.40.